The van der Waals surface area contributed by atoms with E-state index in [9.17, 15) is 18.0 Å². The van der Waals surface area contributed by atoms with Gasteiger partial charge >= 0.3 is 0 Å². The molecule has 0 spiro atoms. The van der Waals surface area contributed by atoms with Gasteiger partial charge in [0.2, 0.25) is 11.8 Å². The van der Waals surface area contributed by atoms with Crippen molar-refractivity contribution >= 4 is 39.3 Å². The molecule has 4 rings (SSSR count). The number of nitrogens with zero attached hydrogens (tertiary/aromatic N) is 2. The van der Waals surface area contributed by atoms with E-state index in [0.717, 1.165) is 31.5 Å². The maximum absolute atomic E-state index is 14.6. The molecule has 4 aromatic carbocycles. The van der Waals surface area contributed by atoms with Gasteiger partial charge in [-0.3, -0.25) is 13.9 Å². The number of thioether (sulfide) groups is 1. The lowest BCUT2D eigenvalue weighted by molar-refractivity contribution is -0.140. The fourth-order valence-electron chi connectivity index (χ4n) is 4.98. The van der Waals surface area contributed by atoms with Gasteiger partial charge in [0.1, 0.15) is 12.6 Å². The third-order valence-electron chi connectivity index (χ3n) is 7.68. The Bertz CT molecular complexity index is 1690. The van der Waals surface area contributed by atoms with Gasteiger partial charge in [0, 0.05) is 24.4 Å². The number of amides is 2. The van der Waals surface area contributed by atoms with E-state index in [1.165, 1.54) is 16.7 Å². The summed E-state index contributed by atoms with van der Waals surface area (Å²) < 4.78 is 29.6. The summed E-state index contributed by atoms with van der Waals surface area (Å²) in [6, 6.07) is 30.2. The van der Waals surface area contributed by atoms with Crippen LogP contribution in [0.3, 0.4) is 0 Å². The average Bonchev–Trinajstić information content (AvgIpc) is 3.05. The van der Waals surface area contributed by atoms with Crippen molar-refractivity contribution in [3.05, 3.63) is 125 Å². The highest BCUT2D eigenvalue weighted by Gasteiger charge is 2.34. The van der Waals surface area contributed by atoms with Crippen LogP contribution in [0.5, 0.6) is 0 Å². The normalized spacial score (nSPS) is 12.0. The second-order valence-corrected chi connectivity index (χ2v) is 14.6. The maximum Gasteiger partial charge on any atom is 0.264 e. The van der Waals surface area contributed by atoms with Crippen LogP contribution in [0, 0.1) is 19.8 Å². The van der Waals surface area contributed by atoms with Crippen LogP contribution in [-0.2, 0) is 32.6 Å². The molecule has 1 atom stereocenters. The number of anilines is 1. The first-order chi connectivity index (χ1) is 22.0. The number of benzene rings is 4. The molecule has 7 nitrogen and oxygen atoms in total. The van der Waals surface area contributed by atoms with E-state index in [2.05, 4.69) is 5.32 Å². The molecule has 9 heteroatoms. The Balaban J connectivity index is 1.79. The Hall–Kier alpha value is -4.08. The fourth-order valence-corrected chi connectivity index (χ4v) is 6.80. The zero-order valence-electron chi connectivity index (χ0n) is 27.1. The van der Waals surface area contributed by atoms with Gasteiger partial charge in [0.05, 0.1) is 10.6 Å². The molecule has 0 aliphatic heterocycles. The van der Waals surface area contributed by atoms with Crippen molar-refractivity contribution in [3.63, 3.8) is 0 Å². The van der Waals surface area contributed by atoms with Crippen LogP contribution in [0.2, 0.25) is 0 Å². The Morgan fingerprint density at radius 1 is 0.783 bits per heavy atom. The van der Waals surface area contributed by atoms with Crippen molar-refractivity contribution < 1.29 is 18.0 Å². The lowest BCUT2D eigenvalue weighted by Crippen LogP contribution is -2.53. The SMILES string of the molecule is CSc1ccc(S(=O)(=O)N(CC(=O)N(Cc2ccc(C)cc2)C(Cc2ccccc2)C(=O)NCC(C)C)c2ccc(C)cc2)cc1. The molecule has 4 aromatic rings. The smallest absolute Gasteiger partial charge is 0.264 e. The number of hydrogen-bond donors (Lipinski definition) is 1. The third kappa shape index (κ3) is 9.23. The van der Waals surface area contributed by atoms with Crippen molar-refractivity contribution in [2.75, 3.05) is 23.7 Å². The van der Waals surface area contributed by atoms with E-state index in [1.807, 2.05) is 101 Å². The predicted octanol–water partition coefficient (Wildman–Crippen LogP) is 6.63. The van der Waals surface area contributed by atoms with Crippen molar-refractivity contribution in [3.8, 4) is 0 Å². The minimum atomic E-state index is -4.15. The van der Waals surface area contributed by atoms with Gasteiger partial charge in [-0.1, -0.05) is 91.7 Å². The Kier molecular flexibility index (Phi) is 12.1. The largest absolute Gasteiger partial charge is 0.354 e. The average molecular weight is 658 g/mol. The molecule has 0 bridgehead atoms. The fraction of sp³-hybridized carbons (Fsp3) is 0.297. The zero-order valence-corrected chi connectivity index (χ0v) is 28.8. The number of rotatable bonds is 14. The molecule has 0 saturated heterocycles. The van der Waals surface area contributed by atoms with Crippen LogP contribution in [-0.4, -0.2) is 50.5 Å². The lowest BCUT2D eigenvalue weighted by Gasteiger charge is -2.34. The first kappa shape index (κ1) is 34.8. The van der Waals surface area contributed by atoms with E-state index in [1.54, 1.807) is 36.4 Å². The molecule has 0 fully saturated rings. The van der Waals surface area contributed by atoms with Gasteiger partial charge in [0.25, 0.3) is 10.0 Å². The van der Waals surface area contributed by atoms with Crippen LogP contribution in [0.4, 0.5) is 5.69 Å². The molecule has 2 amide bonds. The van der Waals surface area contributed by atoms with Crippen molar-refractivity contribution in [2.45, 2.75) is 56.5 Å². The topological polar surface area (TPSA) is 86.8 Å². The molecular weight excluding hydrogens is 615 g/mol. The number of sulfonamides is 1. The Labute approximate surface area is 278 Å². The quantitative estimate of drug-likeness (QED) is 0.154. The molecule has 0 heterocycles. The van der Waals surface area contributed by atoms with E-state index in [4.69, 9.17) is 0 Å². The van der Waals surface area contributed by atoms with Gasteiger partial charge in [0.15, 0.2) is 0 Å². The van der Waals surface area contributed by atoms with Crippen molar-refractivity contribution in [2.24, 2.45) is 5.92 Å². The van der Waals surface area contributed by atoms with E-state index >= 15 is 0 Å². The van der Waals surface area contributed by atoms with Crippen molar-refractivity contribution in [1.82, 2.24) is 10.2 Å². The summed E-state index contributed by atoms with van der Waals surface area (Å²) in [6.07, 6.45) is 2.20. The van der Waals surface area contributed by atoms with Gasteiger partial charge in [-0.25, -0.2) is 8.42 Å². The highest BCUT2D eigenvalue weighted by atomic mass is 32.2. The minimum Gasteiger partial charge on any atom is -0.354 e. The first-order valence-corrected chi connectivity index (χ1v) is 18.0. The van der Waals surface area contributed by atoms with E-state index in [0.29, 0.717) is 12.2 Å². The molecule has 1 N–H and O–H groups in total. The number of carbonyl (C=O) groups excluding carboxylic acids is 2. The Morgan fingerprint density at radius 2 is 1.37 bits per heavy atom. The van der Waals surface area contributed by atoms with Crippen LogP contribution in [0.25, 0.3) is 0 Å². The number of carbonyl (C=O) groups is 2. The predicted molar refractivity (Wildman–Crippen MR) is 187 cm³/mol. The minimum absolute atomic E-state index is 0.0827. The van der Waals surface area contributed by atoms with E-state index < -0.39 is 28.5 Å². The summed E-state index contributed by atoms with van der Waals surface area (Å²) in [5.41, 5.74) is 4.13. The molecule has 0 aromatic heterocycles. The summed E-state index contributed by atoms with van der Waals surface area (Å²) in [5, 5.41) is 3.02. The first-order valence-electron chi connectivity index (χ1n) is 15.4. The second kappa shape index (κ2) is 16.0. The zero-order chi connectivity index (χ0) is 33.3. The van der Waals surface area contributed by atoms with Gasteiger partial charge < -0.3 is 10.2 Å². The van der Waals surface area contributed by atoms with Crippen LogP contribution in [0.1, 0.15) is 36.1 Å². The molecule has 1 unspecified atom stereocenters. The highest BCUT2D eigenvalue weighted by molar-refractivity contribution is 7.98. The maximum atomic E-state index is 14.6. The second-order valence-electron chi connectivity index (χ2n) is 11.9. The van der Waals surface area contributed by atoms with Gasteiger partial charge in [-0.15, -0.1) is 11.8 Å². The summed E-state index contributed by atoms with van der Waals surface area (Å²) in [7, 11) is -4.15. The van der Waals surface area contributed by atoms with Crippen molar-refractivity contribution in [1.29, 1.82) is 0 Å². The van der Waals surface area contributed by atoms with Gasteiger partial charge in [-0.2, -0.15) is 0 Å². The molecule has 0 radical (unpaired) electrons. The van der Waals surface area contributed by atoms with E-state index in [-0.39, 0.29) is 29.7 Å². The molecule has 46 heavy (non-hydrogen) atoms. The number of aryl methyl sites for hydroxylation is 2. The number of nitrogens with one attached hydrogen (secondary N) is 1. The Morgan fingerprint density at radius 3 is 1.93 bits per heavy atom. The summed E-state index contributed by atoms with van der Waals surface area (Å²) >= 11 is 1.52. The highest BCUT2D eigenvalue weighted by Crippen LogP contribution is 2.27. The monoisotopic (exact) mass is 657 g/mol. The summed E-state index contributed by atoms with van der Waals surface area (Å²) in [4.78, 5) is 31.0. The van der Waals surface area contributed by atoms with Crippen LogP contribution >= 0.6 is 11.8 Å². The number of hydrogen-bond acceptors (Lipinski definition) is 5. The van der Waals surface area contributed by atoms with Crippen LogP contribution in [0.15, 0.2) is 113 Å². The third-order valence-corrected chi connectivity index (χ3v) is 10.2. The van der Waals surface area contributed by atoms with Gasteiger partial charge in [-0.05, 0) is 73.5 Å². The summed E-state index contributed by atoms with van der Waals surface area (Å²) in [5.74, 6) is -0.552. The van der Waals surface area contributed by atoms with Crippen LogP contribution < -0.4 is 9.62 Å². The molecule has 0 aliphatic carbocycles. The lowest BCUT2D eigenvalue weighted by atomic mass is 10.0. The molecule has 0 saturated carbocycles. The molecular formula is C37H43N3O4S2. The molecule has 242 valence electrons. The standard InChI is InChI=1S/C37H43N3O4S2/c1-27(2)24-38-37(42)35(23-30-9-7-6-8-10-30)39(25-31-15-11-28(3)12-16-31)36(41)26-40(32-17-13-29(4)14-18-32)46(43,44)34-21-19-33(45-5)20-22-34/h6-22,27,35H,23-26H2,1-5H3,(H,38,42). The summed E-state index contributed by atoms with van der Waals surface area (Å²) in [6.45, 7) is 8.03. The molecule has 0 aliphatic rings.